The Kier molecular flexibility index (Phi) is 7.59. The number of hydrogen-bond acceptors (Lipinski definition) is 6. The van der Waals surface area contributed by atoms with Gasteiger partial charge in [-0.25, -0.2) is 0 Å². The molecule has 2 amide bonds. The van der Waals surface area contributed by atoms with Crippen molar-refractivity contribution in [2.75, 3.05) is 26.9 Å². The van der Waals surface area contributed by atoms with Crippen molar-refractivity contribution in [3.63, 3.8) is 0 Å². The van der Waals surface area contributed by atoms with Gasteiger partial charge in [-0.05, 0) is 62.9 Å². The molecule has 3 aromatic rings. The average molecular weight is 540 g/mol. The molecule has 8 heteroatoms. The standard InChI is InChI=1S/C26H22BrNO5S/c1-3-12-33-24-20(27)14-17(15-22(24)31-2)16-23-25(29)28(26(30)34-23)11-13-32-21-10-6-8-18-7-4-5-9-19(18)21/h3-10,14-16H,1,11-13H2,2H3/b23-16-. The van der Waals surface area contributed by atoms with Crippen LogP contribution in [0.5, 0.6) is 17.2 Å². The molecule has 34 heavy (non-hydrogen) atoms. The van der Waals surface area contributed by atoms with Gasteiger partial charge in [-0.1, -0.05) is 49.1 Å². The number of nitrogens with zero attached hydrogens (tertiary/aromatic N) is 1. The van der Waals surface area contributed by atoms with E-state index in [0.717, 1.165) is 28.3 Å². The second-order valence-corrected chi connectivity index (χ2v) is 9.14. The lowest BCUT2D eigenvalue weighted by molar-refractivity contribution is -0.123. The smallest absolute Gasteiger partial charge is 0.293 e. The average Bonchev–Trinajstić information content (AvgIpc) is 3.10. The van der Waals surface area contributed by atoms with Crippen LogP contribution in [0.1, 0.15) is 5.56 Å². The fourth-order valence-corrected chi connectivity index (χ4v) is 4.96. The molecule has 1 heterocycles. The Morgan fingerprint density at radius 2 is 1.85 bits per heavy atom. The highest BCUT2D eigenvalue weighted by atomic mass is 79.9. The fraction of sp³-hybridized carbons (Fsp3) is 0.154. The molecular weight excluding hydrogens is 518 g/mol. The van der Waals surface area contributed by atoms with E-state index < -0.39 is 0 Å². The van der Waals surface area contributed by atoms with Gasteiger partial charge in [0.2, 0.25) is 0 Å². The van der Waals surface area contributed by atoms with Crippen molar-refractivity contribution in [3.8, 4) is 17.2 Å². The van der Waals surface area contributed by atoms with Crippen LogP contribution in [0.25, 0.3) is 16.8 Å². The van der Waals surface area contributed by atoms with E-state index in [1.165, 1.54) is 12.0 Å². The number of ether oxygens (including phenoxy) is 3. The molecule has 0 bridgehead atoms. The lowest BCUT2D eigenvalue weighted by Crippen LogP contribution is -2.32. The SMILES string of the molecule is C=CCOc1c(Br)cc(/C=C2\SC(=O)N(CCOc3cccc4ccccc34)C2=O)cc1OC. The first-order valence-electron chi connectivity index (χ1n) is 10.5. The number of halogens is 1. The van der Waals surface area contributed by atoms with E-state index in [4.69, 9.17) is 14.2 Å². The van der Waals surface area contributed by atoms with Gasteiger partial charge >= 0.3 is 0 Å². The molecule has 0 aromatic heterocycles. The summed E-state index contributed by atoms with van der Waals surface area (Å²) in [6.45, 7) is 4.33. The van der Waals surface area contributed by atoms with Crippen molar-refractivity contribution in [2.45, 2.75) is 0 Å². The second kappa shape index (κ2) is 10.8. The minimum atomic E-state index is -0.349. The Morgan fingerprint density at radius 3 is 2.65 bits per heavy atom. The second-order valence-electron chi connectivity index (χ2n) is 7.29. The number of benzene rings is 3. The summed E-state index contributed by atoms with van der Waals surface area (Å²) >= 11 is 4.38. The number of hydrogen-bond donors (Lipinski definition) is 0. The molecule has 4 rings (SSSR count). The fourth-order valence-electron chi connectivity index (χ4n) is 3.52. The quantitative estimate of drug-likeness (QED) is 0.235. The highest BCUT2D eigenvalue weighted by Gasteiger charge is 2.35. The summed E-state index contributed by atoms with van der Waals surface area (Å²) in [5.41, 5.74) is 0.701. The normalized spacial score (nSPS) is 14.6. The van der Waals surface area contributed by atoms with Gasteiger partial charge in [0.15, 0.2) is 11.5 Å². The van der Waals surface area contributed by atoms with Crippen LogP contribution >= 0.6 is 27.7 Å². The molecule has 0 saturated carbocycles. The molecule has 6 nitrogen and oxygen atoms in total. The summed E-state index contributed by atoms with van der Waals surface area (Å²) in [7, 11) is 1.54. The van der Waals surface area contributed by atoms with Crippen molar-refractivity contribution < 1.29 is 23.8 Å². The van der Waals surface area contributed by atoms with E-state index in [1.807, 2.05) is 42.5 Å². The minimum Gasteiger partial charge on any atom is -0.493 e. The third-order valence-corrected chi connectivity index (χ3v) is 6.59. The Balaban J connectivity index is 1.46. The maximum absolute atomic E-state index is 12.9. The van der Waals surface area contributed by atoms with E-state index in [2.05, 4.69) is 22.5 Å². The highest BCUT2D eigenvalue weighted by molar-refractivity contribution is 9.10. The molecule has 1 fully saturated rings. The predicted octanol–water partition coefficient (Wildman–Crippen LogP) is 6.29. The van der Waals surface area contributed by atoms with E-state index in [1.54, 1.807) is 24.3 Å². The van der Waals surface area contributed by atoms with Crippen LogP contribution in [-0.4, -0.2) is 42.9 Å². The van der Waals surface area contributed by atoms with Gasteiger partial charge in [0, 0.05) is 5.39 Å². The number of carbonyl (C=O) groups excluding carboxylic acids is 2. The predicted molar refractivity (Wildman–Crippen MR) is 139 cm³/mol. The van der Waals surface area contributed by atoms with Crippen molar-refractivity contribution in [3.05, 3.63) is 82.2 Å². The zero-order valence-corrected chi connectivity index (χ0v) is 20.9. The summed E-state index contributed by atoms with van der Waals surface area (Å²) in [4.78, 5) is 27.0. The van der Waals surface area contributed by atoms with Gasteiger partial charge in [0.1, 0.15) is 19.0 Å². The van der Waals surface area contributed by atoms with Gasteiger partial charge in [0.25, 0.3) is 11.1 Å². The van der Waals surface area contributed by atoms with Crippen molar-refractivity contribution in [2.24, 2.45) is 0 Å². The zero-order chi connectivity index (χ0) is 24.1. The Bertz CT molecular complexity index is 1280. The maximum atomic E-state index is 12.9. The van der Waals surface area contributed by atoms with Gasteiger partial charge in [0.05, 0.1) is 23.0 Å². The molecule has 174 valence electrons. The van der Waals surface area contributed by atoms with Crippen LogP contribution in [0.4, 0.5) is 4.79 Å². The molecule has 0 radical (unpaired) electrons. The number of methoxy groups -OCH3 is 1. The molecule has 1 aliphatic rings. The molecule has 1 saturated heterocycles. The molecule has 1 aliphatic heterocycles. The van der Waals surface area contributed by atoms with Crippen molar-refractivity contribution >= 4 is 55.7 Å². The highest BCUT2D eigenvalue weighted by Crippen LogP contribution is 2.39. The largest absolute Gasteiger partial charge is 0.493 e. The first kappa shape index (κ1) is 23.9. The zero-order valence-electron chi connectivity index (χ0n) is 18.5. The molecule has 0 spiro atoms. The van der Waals surface area contributed by atoms with Crippen molar-refractivity contribution in [1.29, 1.82) is 0 Å². The Labute approximate surface area is 210 Å². The Hall–Kier alpha value is -3.23. The molecular formula is C26H22BrNO5S. The van der Waals surface area contributed by atoms with Crippen LogP contribution in [0.3, 0.4) is 0 Å². The van der Waals surface area contributed by atoms with Gasteiger partial charge < -0.3 is 14.2 Å². The van der Waals surface area contributed by atoms with Gasteiger partial charge in [-0.2, -0.15) is 0 Å². The lowest BCUT2D eigenvalue weighted by atomic mass is 10.1. The van der Waals surface area contributed by atoms with Gasteiger partial charge in [-0.3, -0.25) is 14.5 Å². The molecule has 3 aromatic carbocycles. The van der Waals surface area contributed by atoms with Crippen LogP contribution in [0.2, 0.25) is 0 Å². The number of rotatable bonds is 9. The molecule has 0 aliphatic carbocycles. The third kappa shape index (κ3) is 5.13. The summed E-state index contributed by atoms with van der Waals surface area (Å²) < 4.78 is 17.6. The summed E-state index contributed by atoms with van der Waals surface area (Å²) in [6, 6.07) is 17.3. The van der Waals surface area contributed by atoms with Crippen LogP contribution in [0.15, 0.2) is 76.6 Å². The number of imide groups is 1. The van der Waals surface area contributed by atoms with Crippen LogP contribution in [0, 0.1) is 0 Å². The Morgan fingerprint density at radius 1 is 1.06 bits per heavy atom. The molecule has 0 N–H and O–H groups in total. The monoisotopic (exact) mass is 539 g/mol. The number of carbonyl (C=O) groups is 2. The van der Waals surface area contributed by atoms with Crippen molar-refractivity contribution in [1.82, 2.24) is 4.90 Å². The minimum absolute atomic E-state index is 0.159. The number of thioether (sulfide) groups is 1. The summed E-state index contributed by atoms with van der Waals surface area (Å²) in [5, 5.41) is 1.73. The number of fused-ring (bicyclic) bond motifs is 1. The van der Waals surface area contributed by atoms with Crippen LogP contribution in [-0.2, 0) is 4.79 Å². The first-order chi connectivity index (χ1) is 16.5. The number of amides is 2. The molecule has 0 unspecified atom stereocenters. The van der Waals surface area contributed by atoms with E-state index in [0.29, 0.717) is 33.0 Å². The maximum Gasteiger partial charge on any atom is 0.293 e. The first-order valence-corrected chi connectivity index (χ1v) is 12.1. The third-order valence-electron chi connectivity index (χ3n) is 5.09. The topological polar surface area (TPSA) is 65.1 Å². The summed E-state index contributed by atoms with van der Waals surface area (Å²) in [5.74, 6) is 1.42. The van der Waals surface area contributed by atoms with E-state index in [-0.39, 0.29) is 24.3 Å². The molecule has 0 atom stereocenters. The van der Waals surface area contributed by atoms with Crippen LogP contribution < -0.4 is 14.2 Å². The lowest BCUT2D eigenvalue weighted by Gasteiger charge is -2.14. The summed E-state index contributed by atoms with van der Waals surface area (Å²) in [6.07, 6.45) is 3.31. The van der Waals surface area contributed by atoms with Gasteiger partial charge in [-0.15, -0.1) is 0 Å². The van der Waals surface area contributed by atoms with E-state index >= 15 is 0 Å². The van der Waals surface area contributed by atoms with E-state index in [9.17, 15) is 9.59 Å².